The van der Waals surface area contributed by atoms with Crippen LogP contribution in [0.1, 0.15) is 118 Å². The van der Waals surface area contributed by atoms with Crippen LogP contribution in [0, 0.1) is 40.4 Å². The van der Waals surface area contributed by atoms with Gasteiger partial charge in [0.1, 0.15) is 0 Å². The van der Waals surface area contributed by atoms with Crippen LogP contribution in [-0.4, -0.2) is 45.8 Å². The Bertz CT molecular complexity index is 844. The van der Waals surface area contributed by atoms with Gasteiger partial charge in [0, 0.05) is 19.5 Å². The molecule has 0 radical (unpaired) electrons. The molecule has 4 fully saturated rings. The number of hydrogen-bond donors (Lipinski definition) is 2. The van der Waals surface area contributed by atoms with Crippen LogP contribution in [0.15, 0.2) is 11.6 Å². The Morgan fingerprint density at radius 1 is 1.08 bits per heavy atom. The van der Waals surface area contributed by atoms with E-state index >= 15 is 0 Å². The maximum absolute atomic E-state index is 13.0. The largest absolute Gasteiger partial charge is 0.393 e. The smallest absolute Gasteiger partial charge is 0.222 e. The first-order chi connectivity index (χ1) is 17.1. The number of piperidine rings is 1. The highest BCUT2D eigenvalue weighted by Gasteiger charge is 2.59. The van der Waals surface area contributed by atoms with E-state index in [0.29, 0.717) is 29.1 Å². The molecule has 4 nitrogen and oxygen atoms in total. The van der Waals surface area contributed by atoms with Crippen LogP contribution >= 0.6 is 0 Å². The van der Waals surface area contributed by atoms with Crippen molar-refractivity contribution in [3.8, 4) is 0 Å². The molecule has 1 aliphatic heterocycles. The van der Waals surface area contributed by atoms with Crippen molar-refractivity contribution in [1.29, 1.82) is 0 Å². The van der Waals surface area contributed by atoms with Gasteiger partial charge in [-0.05, 0) is 117 Å². The van der Waals surface area contributed by atoms with E-state index in [1.807, 2.05) is 4.90 Å². The highest BCUT2D eigenvalue weighted by molar-refractivity contribution is 5.76. The second-order valence-corrected chi connectivity index (χ2v) is 14.3. The van der Waals surface area contributed by atoms with Crippen LogP contribution in [0.25, 0.3) is 0 Å². The predicted octanol–water partition coefficient (Wildman–Crippen LogP) is 6.50. The Hall–Kier alpha value is -0.870. The van der Waals surface area contributed by atoms with E-state index < -0.39 is 5.60 Å². The quantitative estimate of drug-likeness (QED) is 0.410. The van der Waals surface area contributed by atoms with Crippen molar-refractivity contribution in [2.75, 3.05) is 13.1 Å². The Morgan fingerprint density at radius 2 is 1.83 bits per heavy atom. The Balaban J connectivity index is 1.18. The molecule has 0 aromatic rings. The summed E-state index contributed by atoms with van der Waals surface area (Å²) in [4.78, 5) is 15.1. The number of carbonyl (C=O) groups is 1. The molecule has 1 saturated heterocycles. The zero-order valence-electron chi connectivity index (χ0n) is 23.6. The predicted molar refractivity (Wildman–Crippen MR) is 145 cm³/mol. The van der Waals surface area contributed by atoms with Gasteiger partial charge in [-0.25, -0.2) is 0 Å². The highest BCUT2D eigenvalue weighted by Crippen LogP contribution is 2.67. The first-order valence-corrected chi connectivity index (χ1v) is 15.5. The monoisotopic (exact) mass is 499 g/mol. The van der Waals surface area contributed by atoms with Gasteiger partial charge < -0.3 is 15.1 Å². The molecule has 2 N–H and O–H groups in total. The Kier molecular flexibility index (Phi) is 7.44. The average Bonchev–Trinajstić information content (AvgIpc) is 3.20. The van der Waals surface area contributed by atoms with E-state index in [2.05, 4.69) is 33.8 Å². The summed E-state index contributed by atoms with van der Waals surface area (Å²) in [5.74, 6) is 4.06. The minimum Gasteiger partial charge on any atom is -0.393 e. The molecule has 0 spiro atoms. The molecule has 36 heavy (non-hydrogen) atoms. The summed E-state index contributed by atoms with van der Waals surface area (Å²) in [5, 5.41) is 21.0. The van der Waals surface area contributed by atoms with Crippen molar-refractivity contribution in [1.82, 2.24) is 4.90 Å². The average molecular weight is 500 g/mol. The molecule has 1 unspecified atom stereocenters. The minimum atomic E-state index is -0.547. The minimum absolute atomic E-state index is 0.124. The number of fused-ring (bicyclic) bond motifs is 5. The molecular weight excluding hydrogens is 446 g/mol. The lowest BCUT2D eigenvalue weighted by Crippen LogP contribution is -2.50. The summed E-state index contributed by atoms with van der Waals surface area (Å²) >= 11 is 0. The summed E-state index contributed by atoms with van der Waals surface area (Å²) in [7, 11) is 0. The third-order valence-electron chi connectivity index (χ3n) is 12.4. The lowest BCUT2D eigenvalue weighted by atomic mass is 9.47. The second-order valence-electron chi connectivity index (χ2n) is 14.3. The number of likely N-dealkylation sites (tertiary alicyclic amines) is 1. The van der Waals surface area contributed by atoms with Crippen molar-refractivity contribution in [2.24, 2.45) is 40.4 Å². The summed E-state index contributed by atoms with van der Waals surface area (Å²) < 4.78 is 0. The molecule has 0 aromatic carbocycles. The number of hydrogen-bond acceptors (Lipinski definition) is 3. The van der Waals surface area contributed by atoms with Gasteiger partial charge >= 0.3 is 0 Å². The fraction of sp³-hybridized carbons (Fsp3) is 0.906. The van der Waals surface area contributed by atoms with Crippen LogP contribution in [-0.2, 0) is 4.79 Å². The Morgan fingerprint density at radius 3 is 2.56 bits per heavy atom. The maximum Gasteiger partial charge on any atom is 0.222 e. The number of carbonyl (C=O) groups excluding carboxylic acids is 1. The van der Waals surface area contributed by atoms with E-state index in [4.69, 9.17) is 0 Å². The zero-order chi connectivity index (χ0) is 25.7. The summed E-state index contributed by atoms with van der Waals surface area (Å²) in [5.41, 5.74) is 1.76. The van der Waals surface area contributed by atoms with Crippen LogP contribution in [0.4, 0.5) is 0 Å². The van der Waals surface area contributed by atoms with Gasteiger partial charge in [-0.15, -0.1) is 0 Å². The molecule has 4 aliphatic carbocycles. The molecule has 4 heteroatoms. The third kappa shape index (κ3) is 4.61. The van der Waals surface area contributed by atoms with Gasteiger partial charge in [0.15, 0.2) is 0 Å². The van der Waals surface area contributed by atoms with E-state index in [9.17, 15) is 15.0 Å². The first kappa shape index (κ1) is 26.7. The van der Waals surface area contributed by atoms with Gasteiger partial charge in [-0.3, -0.25) is 4.79 Å². The number of aliphatic hydroxyl groups excluding tert-OH is 1. The van der Waals surface area contributed by atoms with E-state index in [-0.39, 0.29) is 6.10 Å². The van der Waals surface area contributed by atoms with Crippen molar-refractivity contribution in [3.63, 3.8) is 0 Å². The SMILES string of the molecule is CCCC1(O)CCN(C(=O)CCC(C)[C@H]2CC[C@H]3[C@@H]4CC=C5C[C@@H](O)CC[C@]5(C)[C@H]4CC[C@]23C)CC1. The molecule has 5 aliphatic rings. The van der Waals surface area contributed by atoms with Crippen LogP contribution in [0.5, 0.6) is 0 Å². The highest BCUT2D eigenvalue weighted by atomic mass is 16.3. The topological polar surface area (TPSA) is 60.8 Å². The van der Waals surface area contributed by atoms with Crippen molar-refractivity contribution in [3.05, 3.63) is 11.6 Å². The van der Waals surface area contributed by atoms with E-state index in [1.165, 1.54) is 38.5 Å². The fourth-order valence-corrected chi connectivity index (χ4v) is 10.2. The van der Waals surface area contributed by atoms with Gasteiger partial charge in [-0.2, -0.15) is 0 Å². The molecule has 0 bridgehead atoms. The van der Waals surface area contributed by atoms with Gasteiger partial charge in [-0.1, -0.05) is 45.8 Å². The number of aliphatic hydroxyl groups is 2. The Labute approximate surface area is 220 Å². The number of nitrogens with zero attached hydrogens (tertiary/aromatic N) is 1. The molecule has 1 heterocycles. The number of rotatable bonds is 6. The van der Waals surface area contributed by atoms with E-state index in [0.717, 1.165) is 81.7 Å². The summed E-state index contributed by atoms with van der Waals surface area (Å²) in [6.45, 7) is 11.1. The van der Waals surface area contributed by atoms with Crippen molar-refractivity contribution < 1.29 is 15.0 Å². The molecule has 0 aromatic heterocycles. The molecule has 1 amide bonds. The lowest BCUT2D eigenvalue weighted by Gasteiger charge is -2.58. The van der Waals surface area contributed by atoms with Crippen molar-refractivity contribution in [2.45, 2.75) is 129 Å². The van der Waals surface area contributed by atoms with Gasteiger partial charge in [0.2, 0.25) is 5.91 Å². The third-order valence-corrected chi connectivity index (χ3v) is 12.4. The molecule has 8 atom stereocenters. The number of amides is 1. The molecule has 5 rings (SSSR count). The van der Waals surface area contributed by atoms with Gasteiger partial charge in [0.25, 0.3) is 0 Å². The molecule has 204 valence electrons. The summed E-state index contributed by atoms with van der Waals surface area (Å²) in [6.07, 6.45) is 17.1. The normalized spacial score (nSPS) is 42.7. The maximum atomic E-state index is 13.0. The first-order valence-electron chi connectivity index (χ1n) is 15.5. The fourth-order valence-electron chi connectivity index (χ4n) is 10.2. The van der Waals surface area contributed by atoms with E-state index in [1.54, 1.807) is 5.57 Å². The second kappa shape index (κ2) is 10.0. The number of allylic oxidation sites excluding steroid dienone is 1. The standard InChI is InChI=1S/C32H53NO3/c1-5-14-32(36)17-19-33(20-18-32)29(35)11-6-22(2)26-9-10-27-25-8-7-23-21-24(34)12-15-30(23,3)28(25)13-16-31(26,27)4/h7,22,24-28,34,36H,5-6,8-21H2,1-4H3/t22?,24-,25-,26+,27-,28-,30-,31+/m0/s1. The van der Waals surface area contributed by atoms with Crippen molar-refractivity contribution >= 4 is 5.91 Å². The lowest BCUT2D eigenvalue weighted by molar-refractivity contribution is -0.136. The van der Waals surface area contributed by atoms with Crippen LogP contribution < -0.4 is 0 Å². The van der Waals surface area contributed by atoms with Crippen LogP contribution in [0.2, 0.25) is 0 Å². The molecular formula is C32H53NO3. The zero-order valence-corrected chi connectivity index (χ0v) is 23.6. The van der Waals surface area contributed by atoms with Crippen LogP contribution in [0.3, 0.4) is 0 Å². The molecule has 3 saturated carbocycles. The van der Waals surface area contributed by atoms with Gasteiger partial charge in [0.05, 0.1) is 11.7 Å². The summed E-state index contributed by atoms with van der Waals surface area (Å²) in [6, 6.07) is 0.